The van der Waals surface area contributed by atoms with Gasteiger partial charge in [0, 0.05) is 6.54 Å². The molecule has 6 nitrogen and oxygen atoms in total. The lowest BCUT2D eigenvalue weighted by molar-refractivity contribution is -0.123. The molecule has 0 aliphatic carbocycles. The number of carbonyl (C=O) groups excluding carboxylic acids is 1. The molecule has 3 rings (SSSR count). The highest BCUT2D eigenvalue weighted by atomic mass is 19.1. The summed E-state index contributed by atoms with van der Waals surface area (Å²) in [5, 5.41) is 12.8. The van der Waals surface area contributed by atoms with Gasteiger partial charge >= 0.3 is 0 Å². The molecule has 0 radical (unpaired) electrons. The topological polar surface area (TPSA) is 77.0 Å². The normalized spacial score (nSPS) is 13.4. The van der Waals surface area contributed by atoms with Crippen LogP contribution in [0.5, 0.6) is 17.2 Å². The van der Waals surface area contributed by atoms with E-state index in [0.29, 0.717) is 23.5 Å². The molecular formula is C18H18FNO5. The van der Waals surface area contributed by atoms with Crippen LogP contribution in [0.25, 0.3) is 0 Å². The van der Waals surface area contributed by atoms with Crippen LogP contribution in [0.2, 0.25) is 0 Å². The van der Waals surface area contributed by atoms with E-state index in [-0.39, 0.29) is 31.6 Å². The third-order valence-corrected chi connectivity index (χ3v) is 3.72. The Kier molecular flexibility index (Phi) is 5.35. The molecule has 1 aliphatic heterocycles. The number of fused-ring (bicyclic) bond motifs is 1. The Hall–Kier alpha value is -2.80. The molecule has 2 N–H and O–H groups in total. The number of hydrogen-bond donors (Lipinski definition) is 2. The van der Waals surface area contributed by atoms with E-state index in [9.17, 15) is 14.3 Å². The Bertz CT molecular complexity index is 752. The Morgan fingerprint density at radius 2 is 2.04 bits per heavy atom. The Morgan fingerprint density at radius 3 is 2.88 bits per heavy atom. The van der Waals surface area contributed by atoms with Crippen molar-refractivity contribution in [2.24, 2.45) is 0 Å². The molecule has 2 aromatic rings. The van der Waals surface area contributed by atoms with Crippen LogP contribution >= 0.6 is 0 Å². The zero-order chi connectivity index (χ0) is 17.6. The number of amides is 1. The molecule has 132 valence electrons. The van der Waals surface area contributed by atoms with Crippen molar-refractivity contribution < 1.29 is 28.5 Å². The van der Waals surface area contributed by atoms with E-state index in [1.165, 1.54) is 12.1 Å². The second-order valence-corrected chi connectivity index (χ2v) is 5.49. The zero-order valence-electron chi connectivity index (χ0n) is 13.4. The lowest BCUT2D eigenvalue weighted by Crippen LogP contribution is -2.30. The fourth-order valence-corrected chi connectivity index (χ4v) is 2.39. The number of aliphatic hydroxyl groups excluding tert-OH is 1. The minimum absolute atomic E-state index is 0.0260. The van der Waals surface area contributed by atoms with Crippen LogP contribution in [0.3, 0.4) is 0 Å². The van der Waals surface area contributed by atoms with E-state index in [4.69, 9.17) is 14.2 Å². The SMILES string of the molecule is O=C(COc1ccccc1F)NCCC(O)c1ccc2c(c1)OCO2. The summed E-state index contributed by atoms with van der Waals surface area (Å²) in [6, 6.07) is 11.1. The molecule has 0 aromatic heterocycles. The first-order valence-electron chi connectivity index (χ1n) is 7.85. The van der Waals surface area contributed by atoms with Gasteiger partial charge in [-0.15, -0.1) is 0 Å². The number of rotatable bonds is 7. The van der Waals surface area contributed by atoms with Crippen LogP contribution in [-0.4, -0.2) is 31.0 Å². The monoisotopic (exact) mass is 347 g/mol. The summed E-state index contributed by atoms with van der Waals surface area (Å²) in [4.78, 5) is 11.7. The fraction of sp³-hybridized carbons (Fsp3) is 0.278. The van der Waals surface area contributed by atoms with Gasteiger partial charge in [-0.1, -0.05) is 18.2 Å². The number of ether oxygens (including phenoxy) is 3. The molecule has 0 bridgehead atoms. The first-order chi connectivity index (χ1) is 12.1. The van der Waals surface area contributed by atoms with Crippen molar-refractivity contribution >= 4 is 5.91 Å². The number of hydrogen-bond acceptors (Lipinski definition) is 5. The third-order valence-electron chi connectivity index (χ3n) is 3.72. The maximum Gasteiger partial charge on any atom is 0.257 e. The van der Waals surface area contributed by atoms with Gasteiger partial charge in [-0.05, 0) is 36.2 Å². The smallest absolute Gasteiger partial charge is 0.257 e. The molecule has 0 saturated carbocycles. The second-order valence-electron chi connectivity index (χ2n) is 5.49. The second kappa shape index (κ2) is 7.85. The van der Waals surface area contributed by atoms with Gasteiger partial charge in [0.25, 0.3) is 5.91 Å². The summed E-state index contributed by atoms with van der Waals surface area (Å²) in [6.45, 7) is 0.142. The highest BCUT2D eigenvalue weighted by Crippen LogP contribution is 2.34. The van der Waals surface area contributed by atoms with Crippen molar-refractivity contribution in [3.63, 3.8) is 0 Å². The predicted octanol–water partition coefficient (Wildman–Crippen LogP) is 2.17. The lowest BCUT2D eigenvalue weighted by Gasteiger charge is -2.12. The maximum atomic E-state index is 13.4. The molecule has 1 heterocycles. The molecule has 1 unspecified atom stereocenters. The van der Waals surface area contributed by atoms with Gasteiger partial charge in [0.15, 0.2) is 29.7 Å². The van der Waals surface area contributed by atoms with Crippen LogP contribution in [0.4, 0.5) is 4.39 Å². The molecule has 0 saturated heterocycles. The molecule has 2 aromatic carbocycles. The van der Waals surface area contributed by atoms with Gasteiger partial charge in [0.05, 0.1) is 6.10 Å². The van der Waals surface area contributed by atoms with Gasteiger partial charge in [-0.2, -0.15) is 0 Å². The predicted molar refractivity (Wildman–Crippen MR) is 87.0 cm³/mol. The quantitative estimate of drug-likeness (QED) is 0.803. The number of nitrogens with one attached hydrogen (secondary N) is 1. The minimum Gasteiger partial charge on any atom is -0.481 e. The molecule has 0 fully saturated rings. The summed E-state index contributed by atoms with van der Waals surface area (Å²) in [7, 11) is 0. The third kappa shape index (κ3) is 4.39. The first-order valence-corrected chi connectivity index (χ1v) is 7.85. The van der Waals surface area contributed by atoms with Crippen molar-refractivity contribution in [1.82, 2.24) is 5.32 Å². The number of halogens is 1. The summed E-state index contributed by atoms with van der Waals surface area (Å²) >= 11 is 0. The van der Waals surface area contributed by atoms with E-state index in [1.54, 1.807) is 30.3 Å². The van der Waals surface area contributed by atoms with Gasteiger partial charge in [-0.25, -0.2) is 4.39 Å². The van der Waals surface area contributed by atoms with Crippen LogP contribution in [0.1, 0.15) is 18.1 Å². The summed E-state index contributed by atoms with van der Waals surface area (Å²) in [6.07, 6.45) is -0.423. The molecule has 25 heavy (non-hydrogen) atoms. The van der Waals surface area contributed by atoms with E-state index in [1.807, 2.05) is 0 Å². The van der Waals surface area contributed by atoms with Crippen LogP contribution in [0.15, 0.2) is 42.5 Å². The largest absolute Gasteiger partial charge is 0.481 e. The Balaban J connectivity index is 1.41. The minimum atomic E-state index is -0.748. The standard InChI is InChI=1S/C18H18FNO5/c19-13-3-1-2-4-15(13)23-10-18(22)20-8-7-14(21)12-5-6-16-17(9-12)25-11-24-16/h1-6,9,14,21H,7-8,10-11H2,(H,20,22). The van der Waals surface area contributed by atoms with Crippen molar-refractivity contribution in [2.75, 3.05) is 19.9 Å². The Labute approximate surface area is 144 Å². The molecule has 0 spiro atoms. The number of para-hydroxylation sites is 1. The van der Waals surface area contributed by atoms with Crippen molar-refractivity contribution in [3.8, 4) is 17.2 Å². The first kappa shape index (κ1) is 17.0. The molecule has 1 amide bonds. The lowest BCUT2D eigenvalue weighted by atomic mass is 10.1. The van der Waals surface area contributed by atoms with E-state index < -0.39 is 11.9 Å². The van der Waals surface area contributed by atoms with Crippen LogP contribution in [0, 0.1) is 5.82 Å². The van der Waals surface area contributed by atoms with Gasteiger partial charge < -0.3 is 24.6 Å². The van der Waals surface area contributed by atoms with Gasteiger partial charge in [0.2, 0.25) is 6.79 Å². The number of aliphatic hydroxyl groups is 1. The van der Waals surface area contributed by atoms with Crippen molar-refractivity contribution in [3.05, 3.63) is 53.8 Å². The van der Waals surface area contributed by atoms with E-state index >= 15 is 0 Å². The summed E-state index contributed by atoms with van der Waals surface area (Å²) in [5.41, 5.74) is 0.682. The van der Waals surface area contributed by atoms with Gasteiger partial charge in [0.1, 0.15) is 0 Å². The summed E-state index contributed by atoms with van der Waals surface area (Å²) < 4.78 is 29.0. The van der Waals surface area contributed by atoms with E-state index in [2.05, 4.69) is 5.32 Å². The molecule has 7 heteroatoms. The molecular weight excluding hydrogens is 329 g/mol. The highest BCUT2D eigenvalue weighted by Gasteiger charge is 2.16. The van der Waals surface area contributed by atoms with Crippen molar-refractivity contribution in [1.29, 1.82) is 0 Å². The average molecular weight is 347 g/mol. The van der Waals surface area contributed by atoms with Gasteiger partial charge in [-0.3, -0.25) is 4.79 Å². The maximum absolute atomic E-state index is 13.4. The number of carbonyl (C=O) groups is 1. The number of benzene rings is 2. The summed E-state index contributed by atoms with van der Waals surface area (Å²) in [5.74, 6) is 0.362. The van der Waals surface area contributed by atoms with Crippen LogP contribution < -0.4 is 19.5 Å². The van der Waals surface area contributed by atoms with Crippen molar-refractivity contribution in [2.45, 2.75) is 12.5 Å². The highest BCUT2D eigenvalue weighted by molar-refractivity contribution is 5.77. The van der Waals surface area contributed by atoms with Crippen LogP contribution in [-0.2, 0) is 4.79 Å². The molecule has 1 aliphatic rings. The Morgan fingerprint density at radius 1 is 1.24 bits per heavy atom. The zero-order valence-corrected chi connectivity index (χ0v) is 13.4. The fourth-order valence-electron chi connectivity index (χ4n) is 2.39. The van der Waals surface area contributed by atoms with E-state index in [0.717, 1.165) is 0 Å². The molecule has 1 atom stereocenters. The average Bonchev–Trinajstić information content (AvgIpc) is 3.08.